The number of carbonyl (C=O) groups is 1. The fraction of sp³-hybridized carbons (Fsp3) is 0.190. The van der Waals surface area contributed by atoms with Gasteiger partial charge in [0.05, 0.1) is 15.9 Å². The highest BCUT2D eigenvalue weighted by Crippen LogP contribution is 2.34. The van der Waals surface area contributed by atoms with E-state index in [0.717, 1.165) is 57.2 Å². The topological polar surface area (TPSA) is 59.8 Å². The van der Waals surface area contributed by atoms with Crippen molar-refractivity contribution in [1.82, 2.24) is 14.8 Å². The highest BCUT2D eigenvalue weighted by atomic mass is 32.1. The van der Waals surface area contributed by atoms with Crippen LogP contribution in [-0.2, 0) is 12.8 Å². The number of amides is 1. The molecule has 0 bridgehead atoms. The summed E-state index contributed by atoms with van der Waals surface area (Å²) in [6, 6.07) is 15.7. The Balaban J connectivity index is 1.59. The van der Waals surface area contributed by atoms with E-state index in [-0.39, 0.29) is 5.91 Å². The maximum absolute atomic E-state index is 12.9. The molecular formula is C21H18N4OS. The van der Waals surface area contributed by atoms with Crippen LogP contribution in [0.5, 0.6) is 0 Å². The molecular weight excluding hydrogens is 356 g/mol. The number of rotatable bonds is 3. The van der Waals surface area contributed by atoms with Crippen LogP contribution in [0.4, 0.5) is 5.82 Å². The maximum atomic E-state index is 12.9. The molecule has 2 aromatic carbocycles. The Labute approximate surface area is 160 Å². The first-order valence-corrected chi connectivity index (χ1v) is 9.86. The van der Waals surface area contributed by atoms with Crippen molar-refractivity contribution < 1.29 is 4.79 Å². The number of hydrogen-bond donors (Lipinski definition) is 1. The Morgan fingerprint density at radius 3 is 2.78 bits per heavy atom. The zero-order chi connectivity index (χ0) is 18.4. The molecule has 4 aromatic rings. The molecule has 0 aliphatic heterocycles. The molecule has 1 N–H and O–H groups in total. The smallest absolute Gasteiger partial charge is 0.257 e. The Morgan fingerprint density at radius 2 is 1.93 bits per heavy atom. The van der Waals surface area contributed by atoms with E-state index in [1.54, 1.807) is 11.3 Å². The van der Waals surface area contributed by atoms with E-state index in [1.807, 2.05) is 54.1 Å². The van der Waals surface area contributed by atoms with Gasteiger partial charge in [-0.25, -0.2) is 4.98 Å². The number of benzene rings is 2. The van der Waals surface area contributed by atoms with E-state index >= 15 is 0 Å². The molecule has 0 atom stereocenters. The van der Waals surface area contributed by atoms with Crippen molar-refractivity contribution in [2.45, 2.75) is 26.2 Å². The van der Waals surface area contributed by atoms with Gasteiger partial charge in [0.2, 0.25) is 5.13 Å². The fourth-order valence-corrected chi connectivity index (χ4v) is 4.54. The van der Waals surface area contributed by atoms with E-state index in [1.165, 1.54) is 0 Å². The number of anilines is 1. The van der Waals surface area contributed by atoms with Crippen LogP contribution in [0, 0.1) is 6.92 Å². The zero-order valence-electron chi connectivity index (χ0n) is 14.9. The number of para-hydroxylation sites is 1. The summed E-state index contributed by atoms with van der Waals surface area (Å²) < 4.78 is 2.92. The quantitative estimate of drug-likeness (QED) is 0.573. The molecule has 1 aliphatic rings. The van der Waals surface area contributed by atoms with Crippen LogP contribution < -0.4 is 5.32 Å². The zero-order valence-corrected chi connectivity index (χ0v) is 15.7. The van der Waals surface area contributed by atoms with E-state index in [0.29, 0.717) is 5.56 Å². The summed E-state index contributed by atoms with van der Waals surface area (Å²) in [7, 11) is 0. The normalized spacial score (nSPS) is 13.1. The minimum Gasteiger partial charge on any atom is -0.306 e. The van der Waals surface area contributed by atoms with Crippen molar-refractivity contribution >= 4 is 33.3 Å². The molecule has 134 valence electrons. The molecule has 5 rings (SSSR count). The fourth-order valence-electron chi connectivity index (χ4n) is 3.61. The van der Waals surface area contributed by atoms with Crippen molar-refractivity contribution in [3.8, 4) is 5.13 Å². The average molecular weight is 374 g/mol. The minimum absolute atomic E-state index is 0.106. The molecule has 0 unspecified atom stereocenters. The first-order valence-electron chi connectivity index (χ1n) is 9.04. The molecule has 2 aromatic heterocycles. The van der Waals surface area contributed by atoms with Crippen LogP contribution in [0.1, 0.15) is 33.6 Å². The Kier molecular flexibility index (Phi) is 3.79. The maximum Gasteiger partial charge on any atom is 0.257 e. The third-order valence-electron chi connectivity index (χ3n) is 4.99. The van der Waals surface area contributed by atoms with Crippen molar-refractivity contribution in [2.75, 3.05) is 5.32 Å². The molecule has 1 aliphatic carbocycles. The standard InChI is InChI=1S/C21H18N4OS/c1-13-7-2-3-8-14(13)20(26)23-19-15-9-6-11-16(15)24-25(19)21-22-17-10-4-5-12-18(17)27-21/h2-5,7-8,10,12H,6,9,11H2,1H3,(H,23,26). The Hall–Kier alpha value is -2.99. The van der Waals surface area contributed by atoms with Crippen LogP contribution in [0.2, 0.25) is 0 Å². The summed E-state index contributed by atoms with van der Waals surface area (Å²) in [4.78, 5) is 17.6. The van der Waals surface area contributed by atoms with Gasteiger partial charge in [-0.05, 0) is 49.9 Å². The van der Waals surface area contributed by atoms with E-state index in [4.69, 9.17) is 10.1 Å². The van der Waals surface area contributed by atoms with Gasteiger partial charge >= 0.3 is 0 Å². The summed E-state index contributed by atoms with van der Waals surface area (Å²) in [5.74, 6) is 0.653. The number of nitrogens with one attached hydrogen (secondary N) is 1. The van der Waals surface area contributed by atoms with Gasteiger partial charge in [-0.15, -0.1) is 0 Å². The third-order valence-corrected chi connectivity index (χ3v) is 6.00. The molecule has 0 radical (unpaired) electrons. The van der Waals surface area contributed by atoms with Crippen LogP contribution in [0.15, 0.2) is 48.5 Å². The predicted octanol–water partition coefficient (Wildman–Crippen LogP) is 4.53. The van der Waals surface area contributed by atoms with Gasteiger partial charge in [0.1, 0.15) is 5.82 Å². The molecule has 6 heteroatoms. The predicted molar refractivity (Wildman–Crippen MR) is 108 cm³/mol. The number of hydrogen-bond acceptors (Lipinski definition) is 4. The summed E-state index contributed by atoms with van der Waals surface area (Å²) in [5.41, 5.74) is 4.79. The lowest BCUT2D eigenvalue weighted by Crippen LogP contribution is -2.17. The first-order chi connectivity index (χ1) is 13.2. The van der Waals surface area contributed by atoms with Gasteiger partial charge in [0.15, 0.2) is 0 Å². The monoisotopic (exact) mass is 374 g/mol. The van der Waals surface area contributed by atoms with Crippen LogP contribution in [-0.4, -0.2) is 20.7 Å². The first kappa shape index (κ1) is 16.2. The lowest BCUT2D eigenvalue weighted by Gasteiger charge is -2.10. The van der Waals surface area contributed by atoms with E-state index in [2.05, 4.69) is 11.4 Å². The second-order valence-corrected chi connectivity index (χ2v) is 7.78. The van der Waals surface area contributed by atoms with Crippen molar-refractivity contribution in [3.05, 3.63) is 70.9 Å². The number of aromatic nitrogens is 3. The SMILES string of the molecule is Cc1ccccc1C(=O)Nc1c2c(nn1-c1nc3ccccc3s1)CCC2. The highest BCUT2D eigenvalue weighted by molar-refractivity contribution is 7.20. The lowest BCUT2D eigenvalue weighted by atomic mass is 10.1. The van der Waals surface area contributed by atoms with Gasteiger partial charge in [-0.1, -0.05) is 41.7 Å². The van der Waals surface area contributed by atoms with Crippen molar-refractivity contribution in [3.63, 3.8) is 0 Å². The van der Waals surface area contributed by atoms with Gasteiger partial charge in [0, 0.05) is 11.1 Å². The van der Waals surface area contributed by atoms with Crippen molar-refractivity contribution in [2.24, 2.45) is 0 Å². The molecule has 1 amide bonds. The summed E-state index contributed by atoms with van der Waals surface area (Å²) in [6.07, 6.45) is 2.95. The largest absolute Gasteiger partial charge is 0.306 e. The lowest BCUT2D eigenvalue weighted by molar-refractivity contribution is 0.102. The minimum atomic E-state index is -0.106. The number of aryl methyl sites for hydroxylation is 2. The van der Waals surface area contributed by atoms with Crippen LogP contribution >= 0.6 is 11.3 Å². The van der Waals surface area contributed by atoms with Gasteiger partial charge in [0.25, 0.3) is 5.91 Å². The molecule has 0 fully saturated rings. The Morgan fingerprint density at radius 1 is 1.11 bits per heavy atom. The van der Waals surface area contributed by atoms with E-state index < -0.39 is 0 Å². The molecule has 27 heavy (non-hydrogen) atoms. The van der Waals surface area contributed by atoms with Crippen molar-refractivity contribution in [1.29, 1.82) is 0 Å². The molecule has 0 spiro atoms. The number of thiazole rings is 1. The summed E-state index contributed by atoms with van der Waals surface area (Å²) in [6.45, 7) is 1.95. The molecule has 5 nitrogen and oxygen atoms in total. The third kappa shape index (κ3) is 2.73. The molecule has 0 saturated heterocycles. The van der Waals surface area contributed by atoms with Gasteiger partial charge < -0.3 is 5.32 Å². The summed E-state index contributed by atoms with van der Waals surface area (Å²) in [5, 5.41) is 8.68. The van der Waals surface area contributed by atoms with Crippen LogP contribution in [0.25, 0.3) is 15.3 Å². The number of fused-ring (bicyclic) bond motifs is 2. The second-order valence-electron chi connectivity index (χ2n) is 6.77. The average Bonchev–Trinajstić information content (AvgIpc) is 3.36. The van der Waals surface area contributed by atoms with Gasteiger partial charge in [-0.3, -0.25) is 4.79 Å². The number of nitrogens with zero attached hydrogens (tertiary/aromatic N) is 3. The van der Waals surface area contributed by atoms with Gasteiger partial charge in [-0.2, -0.15) is 9.78 Å². The van der Waals surface area contributed by atoms with Crippen LogP contribution in [0.3, 0.4) is 0 Å². The highest BCUT2D eigenvalue weighted by Gasteiger charge is 2.26. The number of carbonyl (C=O) groups excluding carboxylic acids is 1. The Bertz CT molecular complexity index is 1140. The summed E-state index contributed by atoms with van der Waals surface area (Å²) >= 11 is 1.59. The molecule has 0 saturated carbocycles. The van der Waals surface area contributed by atoms with E-state index in [9.17, 15) is 4.79 Å². The second kappa shape index (κ2) is 6.32. The molecule has 2 heterocycles.